The summed E-state index contributed by atoms with van der Waals surface area (Å²) < 4.78 is 18.8. The third-order valence-electron chi connectivity index (χ3n) is 2.57. The van der Waals surface area contributed by atoms with E-state index in [1.54, 1.807) is 12.3 Å². The molecule has 0 fully saturated rings. The zero-order chi connectivity index (χ0) is 14.2. The Hall–Kier alpha value is -2.05. The molecule has 0 N–H and O–H groups in total. The second-order valence-corrected chi connectivity index (χ2v) is 4.26. The van der Waals surface area contributed by atoms with Gasteiger partial charge in [0, 0.05) is 18.3 Å². The van der Waals surface area contributed by atoms with Crippen LogP contribution in [0.1, 0.15) is 11.3 Å². The van der Waals surface area contributed by atoms with Crippen LogP contribution in [0.4, 0.5) is 4.39 Å². The molecular weight excluding hydrogens is 277 g/mol. The van der Waals surface area contributed by atoms with Gasteiger partial charge in [-0.1, -0.05) is 17.9 Å². The number of hydrogen-bond acceptors (Lipinski definition) is 2. The lowest BCUT2D eigenvalue weighted by atomic mass is 10.2. The van der Waals surface area contributed by atoms with Crippen molar-refractivity contribution in [3.05, 3.63) is 59.7 Å². The summed E-state index contributed by atoms with van der Waals surface area (Å²) in [6, 6.07) is 9.99. The molecule has 0 amide bonds. The fourth-order valence-electron chi connectivity index (χ4n) is 1.67. The molecule has 0 aliphatic carbocycles. The van der Waals surface area contributed by atoms with Crippen LogP contribution in [0.2, 0.25) is 0 Å². The fourth-order valence-corrected chi connectivity index (χ4v) is 1.73. The predicted octanol–water partition coefficient (Wildman–Crippen LogP) is 3.43. The molecule has 0 spiro atoms. The van der Waals surface area contributed by atoms with Crippen LogP contribution in [0, 0.1) is 17.7 Å². The van der Waals surface area contributed by atoms with E-state index in [0.717, 1.165) is 5.69 Å². The van der Waals surface area contributed by atoms with Crippen molar-refractivity contribution in [1.29, 1.82) is 0 Å². The lowest BCUT2D eigenvalue weighted by Crippen LogP contribution is -2.04. The number of alkyl halides is 1. The standard InChI is InChI=1S/C16H13ClFNO/c17-9-3-4-13-12-14(18)6-7-16(13)20-11-8-15-5-1-2-10-19-15/h1-2,5-7,10,12H,8-9,11H2. The Morgan fingerprint density at radius 1 is 1.25 bits per heavy atom. The van der Waals surface area contributed by atoms with E-state index in [4.69, 9.17) is 16.3 Å². The molecule has 0 aliphatic heterocycles. The summed E-state index contributed by atoms with van der Waals surface area (Å²) in [6.45, 7) is 0.457. The van der Waals surface area contributed by atoms with E-state index in [1.165, 1.54) is 12.1 Å². The van der Waals surface area contributed by atoms with Gasteiger partial charge >= 0.3 is 0 Å². The first-order valence-corrected chi connectivity index (χ1v) is 6.70. The minimum absolute atomic E-state index is 0.198. The lowest BCUT2D eigenvalue weighted by Gasteiger charge is -2.08. The van der Waals surface area contributed by atoms with Crippen molar-refractivity contribution in [2.75, 3.05) is 12.5 Å². The number of pyridine rings is 1. The summed E-state index contributed by atoms with van der Waals surface area (Å²) in [5.41, 5.74) is 1.45. The van der Waals surface area contributed by atoms with Crippen LogP contribution >= 0.6 is 11.6 Å². The number of rotatable bonds is 4. The van der Waals surface area contributed by atoms with Crippen LogP contribution in [-0.2, 0) is 6.42 Å². The Bertz CT molecular complexity index is 619. The average Bonchev–Trinajstić information content (AvgIpc) is 2.48. The van der Waals surface area contributed by atoms with Gasteiger partial charge in [-0.2, -0.15) is 0 Å². The topological polar surface area (TPSA) is 22.1 Å². The fraction of sp³-hybridized carbons (Fsp3) is 0.188. The first kappa shape index (κ1) is 14.4. The van der Waals surface area contributed by atoms with E-state index < -0.39 is 0 Å². The average molecular weight is 290 g/mol. The molecule has 0 radical (unpaired) electrons. The van der Waals surface area contributed by atoms with Crippen LogP contribution in [0.3, 0.4) is 0 Å². The number of halogens is 2. The third kappa shape index (κ3) is 4.25. The molecule has 1 heterocycles. The van der Waals surface area contributed by atoms with Gasteiger partial charge in [0.25, 0.3) is 0 Å². The van der Waals surface area contributed by atoms with Crippen LogP contribution in [0.15, 0.2) is 42.6 Å². The molecule has 0 saturated carbocycles. The summed E-state index contributed by atoms with van der Waals surface area (Å²) in [7, 11) is 0. The van der Waals surface area contributed by atoms with Crippen LogP contribution in [0.25, 0.3) is 0 Å². The number of aromatic nitrogens is 1. The minimum Gasteiger partial charge on any atom is -0.492 e. The molecule has 0 bridgehead atoms. The second-order valence-electron chi connectivity index (χ2n) is 4.00. The van der Waals surface area contributed by atoms with Crippen molar-refractivity contribution in [3.8, 4) is 17.6 Å². The molecule has 0 saturated heterocycles. The zero-order valence-electron chi connectivity index (χ0n) is 10.8. The molecule has 20 heavy (non-hydrogen) atoms. The van der Waals surface area contributed by atoms with Crippen LogP contribution < -0.4 is 4.74 Å². The summed E-state index contributed by atoms with van der Waals surface area (Å²) in [4.78, 5) is 4.21. The highest BCUT2D eigenvalue weighted by atomic mass is 35.5. The van der Waals surface area contributed by atoms with Gasteiger partial charge in [-0.15, -0.1) is 11.6 Å². The van der Waals surface area contributed by atoms with E-state index in [-0.39, 0.29) is 11.7 Å². The maximum Gasteiger partial charge on any atom is 0.135 e. The maximum absolute atomic E-state index is 13.2. The van der Waals surface area contributed by atoms with Gasteiger partial charge in [0.15, 0.2) is 0 Å². The second kappa shape index (κ2) is 7.52. The Kier molecular flexibility index (Phi) is 5.40. The van der Waals surface area contributed by atoms with E-state index >= 15 is 0 Å². The molecule has 4 heteroatoms. The summed E-state index contributed by atoms with van der Waals surface area (Å²) in [5.74, 6) is 5.89. The lowest BCUT2D eigenvalue weighted by molar-refractivity contribution is 0.319. The van der Waals surface area contributed by atoms with Crippen molar-refractivity contribution in [2.45, 2.75) is 6.42 Å². The number of benzene rings is 1. The normalized spacial score (nSPS) is 9.70. The zero-order valence-corrected chi connectivity index (χ0v) is 11.5. The molecule has 102 valence electrons. The number of nitrogens with zero attached hydrogens (tertiary/aromatic N) is 1. The molecule has 2 aromatic rings. The quantitative estimate of drug-likeness (QED) is 0.635. The van der Waals surface area contributed by atoms with E-state index in [9.17, 15) is 4.39 Å². The summed E-state index contributed by atoms with van der Waals surface area (Å²) in [5, 5.41) is 0. The minimum atomic E-state index is -0.346. The Morgan fingerprint density at radius 3 is 2.90 bits per heavy atom. The molecule has 2 rings (SSSR count). The highest BCUT2D eigenvalue weighted by Crippen LogP contribution is 2.19. The number of hydrogen-bond donors (Lipinski definition) is 0. The van der Waals surface area contributed by atoms with E-state index in [2.05, 4.69) is 16.8 Å². The Morgan fingerprint density at radius 2 is 2.15 bits per heavy atom. The Balaban J connectivity index is 2.02. The van der Waals surface area contributed by atoms with Crippen molar-refractivity contribution < 1.29 is 9.13 Å². The molecule has 2 nitrogen and oxygen atoms in total. The molecule has 1 aromatic heterocycles. The van der Waals surface area contributed by atoms with Crippen molar-refractivity contribution >= 4 is 11.6 Å². The van der Waals surface area contributed by atoms with Gasteiger partial charge in [0.1, 0.15) is 11.6 Å². The maximum atomic E-state index is 13.2. The first-order valence-electron chi connectivity index (χ1n) is 6.16. The van der Waals surface area contributed by atoms with Crippen LogP contribution in [0.5, 0.6) is 5.75 Å². The van der Waals surface area contributed by atoms with Gasteiger partial charge in [0.2, 0.25) is 0 Å². The summed E-state index contributed by atoms with van der Waals surface area (Å²) >= 11 is 5.51. The smallest absolute Gasteiger partial charge is 0.135 e. The van der Waals surface area contributed by atoms with Crippen molar-refractivity contribution in [3.63, 3.8) is 0 Å². The predicted molar refractivity (Wildman–Crippen MR) is 77.4 cm³/mol. The molecule has 0 aliphatic rings. The Labute approximate surface area is 122 Å². The summed E-state index contributed by atoms with van der Waals surface area (Å²) in [6.07, 6.45) is 2.42. The SMILES string of the molecule is Fc1ccc(OCCc2ccccn2)c(C#CCCl)c1. The van der Waals surface area contributed by atoms with Crippen molar-refractivity contribution in [1.82, 2.24) is 4.98 Å². The van der Waals surface area contributed by atoms with Crippen molar-refractivity contribution in [2.24, 2.45) is 0 Å². The number of ether oxygens (including phenoxy) is 1. The molecule has 0 unspecified atom stereocenters. The molecule has 1 aromatic carbocycles. The third-order valence-corrected chi connectivity index (χ3v) is 2.71. The molecule has 0 atom stereocenters. The van der Waals surface area contributed by atoms with Crippen LogP contribution in [-0.4, -0.2) is 17.5 Å². The van der Waals surface area contributed by atoms with Gasteiger partial charge in [0.05, 0.1) is 18.1 Å². The largest absolute Gasteiger partial charge is 0.492 e. The van der Waals surface area contributed by atoms with Gasteiger partial charge in [-0.25, -0.2) is 4.39 Å². The first-order chi connectivity index (χ1) is 9.79. The van der Waals surface area contributed by atoms with E-state index in [0.29, 0.717) is 24.3 Å². The van der Waals surface area contributed by atoms with Gasteiger partial charge in [-0.3, -0.25) is 4.98 Å². The van der Waals surface area contributed by atoms with Gasteiger partial charge in [-0.05, 0) is 30.3 Å². The molecular formula is C16H13ClFNO. The highest BCUT2D eigenvalue weighted by Gasteiger charge is 2.04. The monoisotopic (exact) mass is 289 g/mol. The van der Waals surface area contributed by atoms with E-state index in [1.807, 2.05) is 18.2 Å². The highest BCUT2D eigenvalue weighted by molar-refractivity contribution is 6.19. The van der Waals surface area contributed by atoms with Gasteiger partial charge < -0.3 is 4.74 Å².